The van der Waals surface area contributed by atoms with Crippen LogP contribution in [-0.4, -0.2) is 60.2 Å². The summed E-state index contributed by atoms with van der Waals surface area (Å²) in [6.07, 6.45) is 1.60. The Morgan fingerprint density at radius 1 is 1.00 bits per heavy atom. The normalized spacial score (nSPS) is 20.7. The van der Waals surface area contributed by atoms with Crippen molar-refractivity contribution in [2.75, 3.05) is 32.7 Å². The summed E-state index contributed by atoms with van der Waals surface area (Å²) in [5.41, 5.74) is 4.18. The molecule has 2 heterocycles. The number of piperazine rings is 1. The van der Waals surface area contributed by atoms with Gasteiger partial charge in [-0.25, -0.2) is 9.59 Å². The molecule has 2 aliphatic heterocycles. The van der Waals surface area contributed by atoms with E-state index in [1.54, 1.807) is 19.9 Å². The molecule has 0 amide bonds. The van der Waals surface area contributed by atoms with Gasteiger partial charge in [-0.05, 0) is 43.2 Å². The molecule has 0 unspecified atom stereocenters. The number of esters is 2. The molecule has 28 heavy (non-hydrogen) atoms. The molecule has 2 fully saturated rings. The number of nitrogens with zero attached hydrogens (tertiary/aromatic N) is 2. The van der Waals surface area contributed by atoms with Crippen molar-refractivity contribution >= 4 is 18.0 Å². The maximum Gasteiger partial charge on any atom is 0.348 e. The van der Waals surface area contributed by atoms with Gasteiger partial charge in [0, 0.05) is 46.6 Å². The summed E-state index contributed by atoms with van der Waals surface area (Å²) >= 11 is 0. The van der Waals surface area contributed by atoms with Gasteiger partial charge in [-0.3, -0.25) is 4.90 Å². The highest BCUT2D eigenvalue weighted by Gasteiger charge is 2.39. The molecule has 0 N–H and O–H groups in total. The maximum atomic E-state index is 12.3. The number of hydrogen-bond donors (Lipinski definition) is 0. The first-order valence-corrected chi connectivity index (χ1v) is 9.91. The van der Waals surface area contributed by atoms with Crippen molar-refractivity contribution in [1.29, 1.82) is 0 Å². The van der Waals surface area contributed by atoms with Crippen molar-refractivity contribution in [3.8, 4) is 0 Å². The van der Waals surface area contributed by atoms with Crippen LogP contribution in [0, 0.1) is 13.8 Å². The molecule has 2 saturated heterocycles. The van der Waals surface area contributed by atoms with Crippen LogP contribution in [0.4, 0.5) is 0 Å². The lowest BCUT2D eigenvalue weighted by molar-refractivity contribution is -0.222. The predicted octanol–water partition coefficient (Wildman–Crippen LogP) is 2.66. The van der Waals surface area contributed by atoms with Gasteiger partial charge in [0.05, 0.1) is 0 Å². The van der Waals surface area contributed by atoms with Crippen molar-refractivity contribution in [3.05, 3.63) is 40.0 Å². The lowest BCUT2D eigenvalue weighted by atomic mass is 9.96. The third-order valence-electron chi connectivity index (χ3n) is 5.42. The topological polar surface area (TPSA) is 59.1 Å². The first-order valence-electron chi connectivity index (χ1n) is 9.91. The summed E-state index contributed by atoms with van der Waals surface area (Å²) in [6.45, 7) is 15.6. The fourth-order valence-electron chi connectivity index (χ4n) is 3.72. The Kier molecular flexibility index (Phi) is 5.91. The summed E-state index contributed by atoms with van der Waals surface area (Å²) < 4.78 is 10.4. The molecule has 0 saturated carbocycles. The van der Waals surface area contributed by atoms with E-state index in [1.165, 1.54) is 5.56 Å². The smallest absolute Gasteiger partial charge is 0.348 e. The standard InChI is InChI=1S/C22H30N2O4/c1-6-23-7-9-24(10-8-23)14-18-12-15(2)11-17(16(18)3)13-19-20(25)27-22(4,5)28-21(19)26/h11-13H,6-10,14H2,1-5H3. The van der Waals surface area contributed by atoms with Gasteiger partial charge in [-0.1, -0.05) is 24.6 Å². The Bertz CT molecular complexity index is 783. The van der Waals surface area contributed by atoms with E-state index in [9.17, 15) is 9.59 Å². The van der Waals surface area contributed by atoms with Crippen molar-refractivity contribution < 1.29 is 19.1 Å². The van der Waals surface area contributed by atoms with Gasteiger partial charge in [0.25, 0.3) is 5.79 Å². The van der Waals surface area contributed by atoms with E-state index in [0.29, 0.717) is 0 Å². The SMILES string of the molecule is CCN1CCN(Cc2cc(C)cc(C=C3C(=O)OC(C)(C)OC3=O)c2C)CC1. The Balaban J connectivity index is 1.83. The molecular weight excluding hydrogens is 356 g/mol. The average Bonchev–Trinajstić information content (AvgIpc) is 2.61. The predicted molar refractivity (Wildman–Crippen MR) is 108 cm³/mol. The van der Waals surface area contributed by atoms with Crippen molar-refractivity contribution in [1.82, 2.24) is 9.80 Å². The third kappa shape index (κ3) is 4.62. The van der Waals surface area contributed by atoms with Gasteiger partial charge in [0.15, 0.2) is 0 Å². The van der Waals surface area contributed by atoms with Gasteiger partial charge in [-0.2, -0.15) is 0 Å². The van der Waals surface area contributed by atoms with E-state index in [0.717, 1.165) is 56.0 Å². The zero-order valence-electron chi connectivity index (χ0n) is 17.5. The lowest BCUT2D eigenvalue weighted by Gasteiger charge is -2.34. The van der Waals surface area contributed by atoms with Crippen LogP contribution in [0.5, 0.6) is 0 Å². The lowest BCUT2D eigenvalue weighted by Crippen LogP contribution is -2.45. The van der Waals surface area contributed by atoms with E-state index in [-0.39, 0.29) is 5.57 Å². The molecule has 2 aliphatic rings. The number of hydrogen-bond acceptors (Lipinski definition) is 6. The van der Waals surface area contributed by atoms with Crippen LogP contribution < -0.4 is 0 Å². The molecule has 0 aromatic heterocycles. The zero-order valence-corrected chi connectivity index (χ0v) is 17.5. The van der Waals surface area contributed by atoms with E-state index in [2.05, 4.69) is 22.8 Å². The Morgan fingerprint density at radius 2 is 1.57 bits per heavy atom. The second kappa shape index (κ2) is 8.05. The summed E-state index contributed by atoms with van der Waals surface area (Å²) in [7, 11) is 0. The summed E-state index contributed by atoms with van der Waals surface area (Å²) in [6, 6.07) is 4.17. The molecule has 0 spiro atoms. The fraction of sp³-hybridized carbons (Fsp3) is 0.545. The zero-order chi connectivity index (χ0) is 20.5. The van der Waals surface area contributed by atoms with Gasteiger partial charge in [-0.15, -0.1) is 0 Å². The van der Waals surface area contributed by atoms with Crippen LogP contribution in [0.1, 0.15) is 43.0 Å². The van der Waals surface area contributed by atoms with Crippen molar-refractivity contribution in [3.63, 3.8) is 0 Å². The monoisotopic (exact) mass is 386 g/mol. The van der Waals surface area contributed by atoms with Crippen LogP contribution >= 0.6 is 0 Å². The number of carbonyl (C=O) groups excluding carboxylic acids is 2. The Morgan fingerprint density at radius 3 is 2.14 bits per heavy atom. The second-order valence-corrected chi connectivity index (χ2v) is 8.09. The average molecular weight is 386 g/mol. The van der Waals surface area contributed by atoms with E-state index in [4.69, 9.17) is 9.47 Å². The quantitative estimate of drug-likeness (QED) is 0.450. The molecule has 0 bridgehead atoms. The first-order chi connectivity index (χ1) is 13.2. The van der Waals surface area contributed by atoms with Crippen LogP contribution in [0.15, 0.2) is 17.7 Å². The largest absolute Gasteiger partial charge is 0.419 e. The molecule has 1 aromatic rings. The number of rotatable bonds is 4. The van der Waals surface area contributed by atoms with E-state index >= 15 is 0 Å². The van der Waals surface area contributed by atoms with Crippen LogP contribution in [-0.2, 0) is 25.6 Å². The molecule has 0 radical (unpaired) electrons. The second-order valence-electron chi connectivity index (χ2n) is 8.09. The Hall–Kier alpha value is -2.18. The summed E-state index contributed by atoms with van der Waals surface area (Å²) in [4.78, 5) is 29.5. The maximum absolute atomic E-state index is 12.3. The minimum absolute atomic E-state index is 0.0597. The van der Waals surface area contributed by atoms with Gasteiger partial charge >= 0.3 is 11.9 Å². The molecular formula is C22H30N2O4. The molecule has 1 aromatic carbocycles. The molecule has 152 valence electrons. The fourth-order valence-corrected chi connectivity index (χ4v) is 3.72. The van der Waals surface area contributed by atoms with E-state index < -0.39 is 17.7 Å². The van der Waals surface area contributed by atoms with Crippen LogP contribution in [0.25, 0.3) is 6.08 Å². The summed E-state index contributed by atoms with van der Waals surface area (Å²) in [5.74, 6) is -2.50. The number of cyclic esters (lactones) is 2. The molecule has 0 atom stereocenters. The summed E-state index contributed by atoms with van der Waals surface area (Å²) in [5, 5.41) is 0. The molecule has 3 rings (SSSR count). The number of ether oxygens (including phenoxy) is 2. The first kappa shape index (κ1) is 20.6. The minimum Gasteiger partial charge on any atom is -0.419 e. The highest BCUT2D eigenvalue weighted by molar-refractivity contribution is 6.19. The minimum atomic E-state index is -1.22. The number of aryl methyl sites for hydroxylation is 1. The van der Waals surface area contributed by atoms with Crippen molar-refractivity contribution in [2.24, 2.45) is 0 Å². The van der Waals surface area contributed by atoms with Crippen LogP contribution in [0.2, 0.25) is 0 Å². The Labute approximate surface area is 167 Å². The van der Waals surface area contributed by atoms with Gasteiger partial charge in [0.1, 0.15) is 5.57 Å². The molecule has 6 heteroatoms. The highest BCUT2D eigenvalue weighted by Crippen LogP contribution is 2.27. The molecule has 0 aliphatic carbocycles. The van der Waals surface area contributed by atoms with Crippen LogP contribution in [0.3, 0.4) is 0 Å². The van der Waals surface area contributed by atoms with E-state index in [1.807, 2.05) is 19.9 Å². The van der Waals surface area contributed by atoms with Gasteiger partial charge in [0.2, 0.25) is 0 Å². The third-order valence-corrected chi connectivity index (χ3v) is 5.42. The number of likely N-dealkylation sites (N-methyl/N-ethyl adjacent to an activating group) is 1. The highest BCUT2D eigenvalue weighted by atomic mass is 16.7. The number of benzene rings is 1. The number of carbonyl (C=O) groups is 2. The van der Waals surface area contributed by atoms with Crippen molar-refractivity contribution in [2.45, 2.75) is 47.0 Å². The molecule has 6 nitrogen and oxygen atoms in total. The van der Waals surface area contributed by atoms with Gasteiger partial charge < -0.3 is 14.4 Å².